The molecule has 2 saturated heterocycles. The van der Waals surface area contributed by atoms with Gasteiger partial charge < -0.3 is 4.90 Å². The van der Waals surface area contributed by atoms with Crippen LogP contribution in [0.15, 0.2) is 0 Å². The molecule has 0 aliphatic carbocycles. The fraction of sp³-hybridized carbons (Fsp3) is 0.800. The maximum absolute atomic E-state index is 11.9. The molecule has 2 heterocycles. The molecule has 2 rings (SSSR count). The normalized spacial score (nSPS) is 28.1. The number of hydrogen-bond donors (Lipinski definition) is 0. The second-order valence-electron chi connectivity index (χ2n) is 3.96. The number of rotatable bonds is 1. The maximum atomic E-state index is 11.9. The van der Waals surface area contributed by atoms with Crippen LogP contribution in [0, 0.1) is 5.92 Å². The van der Waals surface area contributed by atoms with Crippen molar-refractivity contribution in [2.24, 2.45) is 5.92 Å². The smallest absolute Gasteiger partial charge is 0.226 e. The highest BCUT2D eigenvalue weighted by Crippen LogP contribution is 2.25. The molecule has 2 aliphatic rings. The number of hydrogen-bond acceptors (Lipinski definition) is 3. The molecule has 0 spiro atoms. The van der Waals surface area contributed by atoms with E-state index in [4.69, 9.17) is 0 Å². The number of carbonyl (C=O) groups is 2. The van der Waals surface area contributed by atoms with Crippen molar-refractivity contribution in [1.82, 2.24) is 4.90 Å². The van der Waals surface area contributed by atoms with E-state index in [2.05, 4.69) is 0 Å². The van der Waals surface area contributed by atoms with Crippen LogP contribution in [0.1, 0.15) is 19.3 Å². The Morgan fingerprint density at radius 2 is 2.36 bits per heavy atom. The Balaban J connectivity index is 1.92. The molecule has 4 heteroatoms. The molecular formula is C10H15NO2S. The van der Waals surface area contributed by atoms with Crippen LogP contribution >= 0.6 is 11.8 Å². The Hall–Kier alpha value is -0.510. The molecule has 1 unspecified atom stereocenters. The molecule has 0 aromatic carbocycles. The van der Waals surface area contributed by atoms with Crippen molar-refractivity contribution in [1.29, 1.82) is 0 Å². The Labute approximate surface area is 88.2 Å². The summed E-state index contributed by atoms with van der Waals surface area (Å²) in [5.41, 5.74) is 0. The van der Waals surface area contributed by atoms with E-state index in [9.17, 15) is 9.59 Å². The monoisotopic (exact) mass is 213 g/mol. The summed E-state index contributed by atoms with van der Waals surface area (Å²) in [7, 11) is 0. The predicted molar refractivity (Wildman–Crippen MR) is 56.3 cm³/mol. The molecule has 0 saturated carbocycles. The van der Waals surface area contributed by atoms with Gasteiger partial charge in [0, 0.05) is 24.6 Å². The van der Waals surface area contributed by atoms with Gasteiger partial charge in [-0.15, -0.1) is 0 Å². The largest absolute Gasteiger partial charge is 0.335 e. The molecule has 0 radical (unpaired) electrons. The molecule has 2 fully saturated rings. The third-order valence-electron chi connectivity index (χ3n) is 2.84. The van der Waals surface area contributed by atoms with Gasteiger partial charge in [0.2, 0.25) is 5.91 Å². The zero-order valence-corrected chi connectivity index (χ0v) is 9.02. The van der Waals surface area contributed by atoms with E-state index in [1.807, 2.05) is 11.8 Å². The number of thioether (sulfide) groups is 1. The first-order valence-electron chi connectivity index (χ1n) is 5.15. The van der Waals surface area contributed by atoms with E-state index in [1.165, 1.54) is 0 Å². The number of likely N-dealkylation sites (tertiary alicyclic amines) is 1. The fourth-order valence-corrected chi connectivity index (χ4v) is 3.23. The van der Waals surface area contributed by atoms with Gasteiger partial charge in [-0.1, -0.05) is 0 Å². The molecule has 1 amide bonds. The van der Waals surface area contributed by atoms with E-state index < -0.39 is 0 Å². The number of nitrogens with zero attached hydrogens (tertiary/aromatic N) is 1. The summed E-state index contributed by atoms with van der Waals surface area (Å²) in [4.78, 5) is 24.9. The lowest BCUT2D eigenvalue weighted by molar-refractivity contribution is -0.140. The number of amides is 1. The van der Waals surface area contributed by atoms with Crippen LogP contribution in [-0.2, 0) is 9.59 Å². The van der Waals surface area contributed by atoms with Crippen LogP contribution in [0.5, 0.6) is 0 Å². The highest BCUT2D eigenvalue weighted by molar-refractivity contribution is 7.99. The fourth-order valence-electron chi connectivity index (χ4n) is 2.01. The first kappa shape index (κ1) is 10.0. The highest BCUT2D eigenvalue weighted by Gasteiger charge is 2.29. The predicted octanol–water partition coefficient (Wildman–Crippen LogP) is 0.931. The van der Waals surface area contributed by atoms with Crippen LogP contribution in [0.25, 0.3) is 0 Å². The minimum Gasteiger partial charge on any atom is -0.335 e. The Kier molecular flexibility index (Phi) is 3.11. The quantitative estimate of drug-likeness (QED) is 0.650. The van der Waals surface area contributed by atoms with Gasteiger partial charge in [0.05, 0.1) is 6.54 Å². The summed E-state index contributed by atoms with van der Waals surface area (Å²) in [6.07, 6.45) is 2.50. The van der Waals surface area contributed by atoms with Gasteiger partial charge in [0.25, 0.3) is 0 Å². The molecule has 0 bridgehead atoms. The van der Waals surface area contributed by atoms with E-state index >= 15 is 0 Å². The van der Waals surface area contributed by atoms with Crippen molar-refractivity contribution in [3.8, 4) is 0 Å². The van der Waals surface area contributed by atoms with Crippen molar-refractivity contribution in [2.45, 2.75) is 19.3 Å². The molecule has 0 aromatic heterocycles. The van der Waals surface area contributed by atoms with Gasteiger partial charge in [-0.05, 0) is 18.6 Å². The molecule has 1 atom stereocenters. The molecule has 2 aliphatic heterocycles. The zero-order valence-electron chi connectivity index (χ0n) is 8.20. The van der Waals surface area contributed by atoms with Gasteiger partial charge in [-0.25, -0.2) is 0 Å². The van der Waals surface area contributed by atoms with Gasteiger partial charge in [0.15, 0.2) is 5.78 Å². The Morgan fingerprint density at radius 1 is 1.50 bits per heavy atom. The topological polar surface area (TPSA) is 37.4 Å². The van der Waals surface area contributed by atoms with Crippen LogP contribution in [-0.4, -0.2) is 41.2 Å². The van der Waals surface area contributed by atoms with E-state index in [0.717, 1.165) is 30.9 Å². The van der Waals surface area contributed by atoms with Crippen molar-refractivity contribution in [3.05, 3.63) is 0 Å². The Morgan fingerprint density at radius 3 is 3.00 bits per heavy atom. The summed E-state index contributed by atoms with van der Waals surface area (Å²) < 4.78 is 0. The summed E-state index contributed by atoms with van der Waals surface area (Å²) in [6.45, 7) is 1.14. The summed E-state index contributed by atoms with van der Waals surface area (Å²) in [5.74, 6) is 2.66. The first-order chi connectivity index (χ1) is 6.77. The molecule has 14 heavy (non-hydrogen) atoms. The molecule has 78 valence electrons. The number of carbonyl (C=O) groups excluding carboxylic acids is 2. The maximum Gasteiger partial charge on any atom is 0.226 e. The lowest BCUT2D eigenvalue weighted by Gasteiger charge is -2.28. The summed E-state index contributed by atoms with van der Waals surface area (Å²) >= 11 is 1.84. The molecule has 3 nitrogen and oxygen atoms in total. The van der Waals surface area contributed by atoms with Gasteiger partial charge in [0.1, 0.15) is 0 Å². The Bertz CT molecular complexity index is 249. The lowest BCUT2D eigenvalue weighted by atomic mass is 10.0. The summed E-state index contributed by atoms with van der Waals surface area (Å²) in [5, 5.41) is 0. The van der Waals surface area contributed by atoms with Crippen LogP contribution in [0.2, 0.25) is 0 Å². The second kappa shape index (κ2) is 4.34. The SMILES string of the molecule is O=C1CCCN(C(=O)C2CCSC2)C1. The highest BCUT2D eigenvalue weighted by atomic mass is 32.2. The zero-order chi connectivity index (χ0) is 9.97. The van der Waals surface area contributed by atoms with Crippen molar-refractivity contribution < 1.29 is 9.59 Å². The first-order valence-corrected chi connectivity index (χ1v) is 6.31. The average molecular weight is 213 g/mol. The third-order valence-corrected chi connectivity index (χ3v) is 4.00. The van der Waals surface area contributed by atoms with Gasteiger partial charge >= 0.3 is 0 Å². The van der Waals surface area contributed by atoms with Crippen LogP contribution < -0.4 is 0 Å². The number of piperidine rings is 1. The molecule has 0 aromatic rings. The molecule has 0 N–H and O–H groups in total. The summed E-state index contributed by atoms with van der Waals surface area (Å²) in [6, 6.07) is 0. The standard InChI is InChI=1S/C10H15NO2S/c12-9-2-1-4-11(6-9)10(13)8-3-5-14-7-8/h8H,1-7H2. The van der Waals surface area contributed by atoms with Crippen molar-refractivity contribution >= 4 is 23.5 Å². The molecular weight excluding hydrogens is 198 g/mol. The van der Waals surface area contributed by atoms with Gasteiger partial charge in [-0.3, -0.25) is 9.59 Å². The van der Waals surface area contributed by atoms with E-state index in [-0.39, 0.29) is 17.6 Å². The van der Waals surface area contributed by atoms with Crippen LogP contribution in [0.3, 0.4) is 0 Å². The van der Waals surface area contributed by atoms with Crippen molar-refractivity contribution in [2.75, 3.05) is 24.6 Å². The van der Waals surface area contributed by atoms with Crippen molar-refractivity contribution in [3.63, 3.8) is 0 Å². The number of ketones is 1. The minimum atomic E-state index is 0.186. The van der Waals surface area contributed by atoms with E-state index in [0.29, 0.717) is 13.0 Å². The average Bonchev–Trinajstić information content (AvgIpc) is 2.69. The van der Waals surface area contributed by atoms with E-state index in [1.54, 1.807) is 4.90 Å². The van der Waals surface area contributed by atoms with Gasteiger partial charge in [-0.2, -0.15) is 11.8 Å². The minimum absolute atomic E-state index is 0.186. The lowest BCUT2D eigenvalue weighted by Crippen LogP contribution is -2.43. The third kappa shape index (κ3) is 2.11. The van der Waals surface area contributed by atoms with Crippen LogP contribution in [0.4, 0.5) is 0 Å². The number of Topliss-reactive ketones (excluding diaryl/α,β-unsaturated/α-hetero) is 1. The second-order valence-corrected chi connectivity index (χ2v) is 5.11.